The van der Waals surface area contributed by atoms with Crippen LogP contribution in [0.25, 0.3) is 0 Å². The Bertz CT molecular complexity index is 649. The fourth-order valence-electron chi connectivity index (χ4n) is 1.70. The maximum atomic E-state index is 10.5. The van der Waals surface area contributed by atoms with E-state index in [4.69, 9.17) is 5.73 Å². The molecule has 0 unspecified atom stereocenters. The zero-order valence-corrected chi connectivity index (χ0v) is 16.1. The summed E-state index contributed by atoms with van der Waals surface area (Å²) in [6.45, 7) is 8.12. The summed E-state index contributed by atoms with van der Waals surface area (Å²) in [5.41, 5.74) is 7.51. The minimum absolute atomic E-state index is 0.354. The molecule has 0 saturated carbocycles. The summed E-state index contributed by atoms with van der Waals surface area (Å²) in [7, 11) is -3.03. The van der Waals surface area contributed by atoms with Gasteiger partial charge >= 0.3 is 0 Å². The fourth-order valence-corrected chi connectivity index (χ4v) is 2.82. The van der Waals surface area contributed by atoms with Gasteiger partial charge in [0.05, 0.1) is 6.26 Å². The predicted octanol–water partition coefficient (Wildman–Crippen LogP) is 3.47. The van der Waals surface area contributed by atoms with Crippen LogP contribution in [0.1, 0.15) is 31.9 Å². The van der Waals surface area contributed by atoms with Crippen LogP contribution in [0, 0.1) is 6.92 Å². The average molecular weight is 351 g/mol. The summed E-state index contributed by atoms with van der Waals surface area (Å²) < 4.78 is 23.5. The Balaban J connectivity index is 0.000000332. The zero-order valence-electron chi connectivity index (χ0n) is 15.3. The summed E-state index contributed by atoms with van der Waals surface area (Å²) in [5.74, 6) is 0. The van der Waals surface area contributed by atoms with Crippen molar-refractivity contribution < 1.29 is 8.42 Å². The van der Waals surface area contributed by atoms with Gasteiger partial charge in [-0.05, 0) is 33.3 Å². The molecule has 0 bridgehead atoms. The number of nitrogens with two attached hydrogens (primary N) is 1. The van der Waals surface area contributed by atoms with Crippen molar-refractivity contribution in [1.29, 1.82) is 0 Å². The lowest BCUT2D eigenvalue weighted by Gasteiger charge is -2.17. The number of aryl methyl sites for hydroxylation is 1. The van der Waals surface area contributed by atoms with E-state index in [0.29, 0.717) is 6.54 Å². The maximum absolute atomic E-state index is 10.5. The molecule has 0 fully saturated rings. The number of hydrogen-bond acceptors (Lipinski definition) is 3. The normalized spacial score (nSPS) is 10.8. The number of nitrogens with one attached hydrogen (secondary N) is 1. The Morgan fingerprint density at radius 1 is 0.917 bits per heavy atom. The average Bonchev–Trinajstić information content (AvgIpc) is 2.46. The van der Waals surface area contributed by atoms with Crippen LogP contribution in [0.5, 0.6) is 0 Å². The number of rotatable bonds is 2. The van der Waals surface area contributed by atoms with Crippen molar-refractivity contribution in [2.45, 2.75) is 39.8 Å². The lowest BCUT2D eigenvalue weighted by atomic mass is 10.1. The van der Waals surface area contributed by atoms with E-state index in [9.17, 15) is 8.42 Å². The van der Waals surface area contributed by atoms with Crippen molar-refractivity contribution in [3.05, 3.63) is 71.8 Å². The van der Waals surface area contributed by atoms with Crippen LogP contribution in [0.4, 0.5) is 0 Å². The largest absolute Gasteiger partial charge is 0.326 e. The molecular weight excluding hydrogens is 320 g/mol. The topological polar surface area (TPSA) is 72.2 Å². The Kier molecular flexibility index (Phi) is 10.2. The van der Waals surface area contributed by atoms with Gasteiger partial charge in [-0.2, -0.15) is 0 Å². The quantitative estimate of drug-likeness (QED) is 0.871. The first kappa shape index (κ1) is 22.3. The van der Waals surface area contributed by atoms with Gasteiger partial charge in [0.2, 0.25) is 10.0 Å². The molecular formula is C19H30N2O2S. The maximum Gasteiger partial charge on any atom is 0.209 e. The Hall–Kier alpha value is -1.69. The Labute approximate surface area is 147 Å². The van der Waals surface area contributed by atoms with E-state index < -0.39 is 10.0 Å². The van der Waals surface area contributed by atoms with E-state index in [1.54, 1.807) is 20.8 Å². The fraction of sp³-hybridized carbons (Fsp3) is 0.368. The molecule has 3 N–H and O–H groups in total. The monoisotopic (exact) mass is 350 g/mol. The van der Waals surface area contributed by atoms with Crippen LogP contribution < -0.4 is 10.5 Å². The van der Waals surface area contributed by atoms with Gasteiger partial charge in [-0.3, -0.25) is 0 Å². The van der Waals surface area contributed by atoms with Gasteiger partial charge in [-0.15, -0.1) is 0 Å². The van der Waals surface area contributed by atoms with Gasteiger partial charge in [0, 0.05) is 12.1 Å². The molecule has 5 heteroatoms. The first-order chi connectivity index (χ1) is 11.0. The number of sulfonamides is 1. The molecule has 0 radical (unpaired) electrons. The van der Waals surface area contributed by atoms with Crippen molar-refractivity contribution in [3.63, 3.8) is 0 Å². The lowest BCUT2D eigenvalue weighted by molar-refractivity contribution is 0.495. The molecule has 0 amide bonds. The predicted molar refractivity (Wildman–Crippen MR) is 103 cm³/mol. The van der Waals surface area contributed by atoms with E-state index in [1.807, 2.05) is 48.5 Å². The highest BCUT2D eigenvalue weighted by Crippen LogP contribution is 1.99. The van der Waals surface area contributed by atoms with Crippen LogP contribution in [-0.4, -0.2) is 20.2 Å². The molecule has 2 aromatic carbocycles. The lowest BCUT2D eigenvalue weighted by Crippen LogP contribution is -2.39. The highest BCUT2D eigenvalue weighted by atomic mass is 32.2. The SMILES string of the molecule is CC(C)(C)NS(C)(=O)=O.Cc1ccccc1.NCc1ccccc1. The van der Waals surface area contributed by atoms with Crippen molar-refractivity contribution in [1.82, 2.24) is 4.72 Å². The Morgan fingerprint density at radius 2 is 1.33 bits per heavy atom. The third-order valence-corrected chi connectivity index (χ3v) is 3.49. The zero-order chi connectivity index (χ0) is 18.6. The minimum Gasteiger partial charge on any atom is -0.326 e. The van der Waals surface area contributed by atoms with Gasteiger partial charge in [-0.25, -0.2) is 13.1 Å². The van der Waals surface area contributed by atoms with Crippen LogP contribution in [0.2, 0.25) is 0 Å². The third kappa shape index (κ3) is 15.2. The highest BCUT2D eigenvalue weighted by Gasteiger charge is 2.14. The summed E-state index contributed by atoms with van der Waals surface area (Å²) in [4.78, 5) is 0. The second-order valence-electron chi connectivity index (χ2n) is 6.47. The highest BCUT2D eigenvalue weighted by molar-refractivity contribution is 7.88. The van der Waals surface area contributed by atoms with Crippen molar-refractivity contribution in [2.75, 3.05) is 6.26 Å². The Morgan fingerprint density at radius 3 is 1.50 bits per heavy atom. The smallest absolute Gasteiger partial charge is 0.209 e. The standard InChI is InChI=1S/C7H9N.C7H8.C5H13NO2S/c8-6-7-4-2-1-3-5-7;1-7-5-3-2-4-6-7;1-5(2,3)6-9(4,7)8/h1-5H,6,8H2;2-6H,1H3;6H,1-4H3. The molecule has 2 aromatic rings. The first-order valence-corrected chi connectivity index (χ1v) is 9.67. The molecule has 0 heterocycles. The van der Waals surface area contributed by atoms with E-state index in [1.165, 1.54) is 11.1 Å². The molecule has 0 atom stereocenters. The molecule has 0 saturated heterocycles. The second kappa shape index (κ2) is 11.0. The molecule has 0 spiro atoms. The van der Waals surface area contributed by atoms with Crippen molar-refractivity contribution in [2.24, 2.45) is 5.73 Å². The van der Waals surface area contributed by atoms with Gasteiger partial charge < -0.3 is 5.73 Å². The molecule has 134 valence electrons. The van der Waals surface area contributed by atoms with Crippen LogP contribution in [-0.2, 0) is 16.6 Å². The molecule has 0 aliphatic heterocycles. The summed E-state index contributed by atoms with van der Waals surface area (Å²) in [5, 5.41) is 0. The summed E-state index contributed by atoms with van der Waals surface area (Å²) in [6, 6.07) is 20.3. The molecule has 4 nitrogen and oxygen atoms in total. The number of hydrogen-bond donors (Lipinski definition) is 2. The molecule has 0 aliphatic rings. The third-order valence-electron chi connectivity index (χ3n) is 2.51. The van der Waals surface area contributed by atoms with Gasteiger partial charge in [0.1, 0.15) is 0 Å². The van der Waals surface area contributed by atoms with E-state index in [0.717, 1.165) is 6.26 Å². The summed E-state index contributed by atoms with van der Waals surface area (Å²) >= 11 is 0. The molecule has 2 rings (SSSR count). The van der Waals surface area contributed by atoms with E-state index >= 15 is 0 Å². The van der Waals surface area contributed by atoms with Crippen molar-refractivity contribution >= 4 is 10.0 Å². The minimum atomic E-state index is -3.03. The van der Waals surface area contributed by atoms with Gasteiger partial charge in [0.25, 0.3) is 0 Å². The van der Waals surface area contributed by atoms with E-state index in [-0.39, 0.29) is 5.54 Å². The van der Waals surface area contributed by atoms with Crippen molar-refractivity contribution in [3.8, 4) is 0 Å². The second-order valence-corrected chi connectivity index (χ2v) is 8.22. The molecule has 0 aliphatic carbocycles. The summed E-state index contributed by atoms with van der Waals surface area (Å²) in [6.07, 6.45) is 1.15. The molecule has 0 aromatic heterocycles. The van der Waals surface area contributed by atoms with E-state index in [2.05, 4.69) is 23.8 Å². The number of benzene rings is 2. The van der Waals surface area contributed by atoms with Crippen LogP contribution >= 0.6 is 0 Å². The van der Waals surface area contributed by atoms with Gasteiger partial charge in [-0.1, -0.05) is 66.2 Å². The van der Waals surface area contributed by atoms with Gasteiger partial charge in [0.15, 0.2) is 0 Å². The first-order valence-electron chi connectivity index (χ1n) is 7.78. The van der Waals surface area contributed by atoms with Crippen LogP contribution in [0.3, 0.4) is 0 Å². The molecule has 24 heavy (non-hydrogen) atoms. The van der Waals surface area contributed by atoms with Crippen LogP contribution in [0.15, 0.2) is 60.7 Å².